The number of sulfonamides is 1. The lowest BCUT2D eigenvalue weighted by molar-refractivity contribution is -0.118. The third-order valence-corrected chi connectivity index (χ3v) is 7.67. The number of halogens is 2. The lowest BCUT2D eigenvalue weighted by Gasteiger charge is -2.18. The van der Waals surface area contributed by atoms with Gasteiger partial charge in [-0.05, 0) is 49.2 Å². The van der Waals surface area contributed by atoms with Crippen molar-refractivity contribution in [1.82, 2.24) is 10.3 Å². The smallest absolute Gasteiger partial charge is 0.263 e. The molecule has 1 aromatic heterocycles. The molecule has 0 bridgehead atoms. The fraction of sp³-hybridized carbons (Fsp3) is 0.238. The molecule has 3 aromatic rings. The van der Waals surface area contributed by atoms with Crippen molar-refractivity contribution in [2.24, 2.45) is 0 Å². The molecule has 1 saturated heterocycles. The topological polar surface area (TPSA) is 91.4 Å². The van der Waals surface area contributed by atoms with Gasteiger partial charge in [-0.15, -0.1) is 11.3 Å². The molecule has 2 N–H and O–H groups in total. The van der Waals surface area contributed by atoms with Gasteiger partial charge in [0.2, 0.25) is 5.91 Å². The van der Waals surface area contributed by atoms with Gasteiger partial charge in [-0.1, -0.05) is 17.7 Å². The Kier molecular flexibility index (Phi) is 6.75. The lowest BCUT2D eigenvalue weighted by atomic mass is 10.1. The van der Waals surface area contributed by atoms with E-state index in [-0.39, 0.29) is 21.8 Å². The average molecular weight is 495 g/mol. The second kappa shape index (κ2) is 9.53. The molecule has 32 heavy (non-hydrogen) atoms. The summed E-state index contributed by atoms with van der Waals surface area (Å²) in [5.41, 5.74) is 1.04. The SMILES string of the molecule is O=C1[C@@H](NCCc2c(F)cccc2Cl)CCN1c1ccc(S(=O)(=O)Nc2nccs2)cc1. The predicted octanol–water partition coefficient (Wildman–Crippen LogP) is 3.67. The zero-order valence-corrected chi connectivity index (χ0v) is 19.2. The van der Waals surface area contributed by atoms with Gasteiger partial charge in [0.15, 0.2) is 5.13 Å². The quantitative estimate of drug-likeness (QED) is 0.498. The van der Waals surface area contributed by atoms with E-state index in [0.29, 0.717) is 42.2 Å². The Morgan fingerprint density at radius 1 is 1.22 bits per heavy atom. The van der Waals surface area contributed by atoms with Crippen LogP contribution in [0.15, 0.2) is 58.9 Å². The first kappa shape index (κ1) is 22.7. The molecule has 0 spiro atoms. The zero-order chi connectivity index (χ0) is 22.7. The summed E-state index contributed by atoms with van der Waals surface area (Å²) in [4.78, 5) is 18.4. The van der Waals surface area contributed by atoms with E-state index in [0.717, 1.165) is 0 Å². The van der Waals surface area contributed by atoms with Gasteiger partial charge in [0.05, 0.1) is 10.9 Å². The van der Waals surface area contributed by atoms with Gasteiger partial charge in [0.1, 0.15) is 5.82 Å². The van der Waals surface area contributed by atoms with Crippen molar-refractivity contribution < 1.29 is 17.6 Å². The van der Waals surface area contributed by atoms with Crippen molar-refractivity contribution >= 4 is 49.7 Å². The number of anilines is 2. The number of benzene rings is 2. The second-order valence-electron chi connectivity index (χ2n) is 7.17. The highest BCUT2D eigenvalue weighted by Gasteiger charge is 2.32. The minimum absolute atomic E-state index is 0.0829. The Morgan fingerprint density at radius 2 is 2.00 bits per heavy atom. The summed E-state index contributed by atoms with van der Waals surface area (Å²) >= 11 is 7.23. The van der Waals surface area contributed by atoms with E-state index in [4.69, 9.17) is 11.6 Å². The molecule has 1 amide bonds. The number of hydrogen-bond donors (Lipinski definition) is 2. The van der Waals surface area contributed by atoms with Crippen LogP contribution in [0.3, 0.4) is 0 Å². The van der Waals surface area contributed by atoms with Gasteiger partial charge in [-0.2, -0.15) is 0 Å². The summed E-state index contributed by atoms with van der Waals surface area (Å²) in [5.74, 6) is -0.473. The van der Waals surface area contributed by atoms with Crippen LogP contribution in [0.2, 0.25) is 5.02 Å². The monoisotopic (exact) mass is 494 g/mol. The zero-order valence-electron chi connectivity index (χ0n) is 16.8. The number of rotatable bonds is 8. The van der Waals surface area contributed by atoms with Gasteiger partial charge in [-0.3, -0.25) is 9.52 Å². The first-order valence-corrected chi connectivity index (χ1v) is 12.6. The van der Waals surface area contributed by atoms with Crippen molar-refractivity contribution in [2.45, 2.75) is 23.8 Å². The number of nitrogens with one attached hydrogen (secondary N) is 2. The third-order valence-electron chi connectivity index (χ3n) is 5.15. The molecular weight excluding hydrogens is 475 g/mol. The standard InChI is InChI=1S/C21H20ClFN4O3S2/c22-17-2-1-3-18(23)16(17)8-10-24-19-9-12-27(20(19)28)14-4-6-15(7-5-14)32(29,30)26-21-25-11-13-31-21/h1-7,11,13,19,24H,8-10,12H2,(H,25,26)/t19-/m0/s1. The number of aromatic nitrogens is 1. The van der Waals surface area contributed by atoms with Crippen LogP contribution in [-0.4, -0.2) is 38.4 Å². The highest BCUT2D eigenvalue weighted by atomic mass is 35.5. The molecule has 11 heteroatoms. The molecule has 168 valence electrons. The Morgan fingerprint density at radius 3 is 2.69 bits per heavy atom. The fourth-order valence-electron chi connectivity index (χ4n) is 3.52. The van der Waals surface area contributed by atoms with E-state index in [1.54, 1.807) is 34.5 Å². The van der Waals surface area contributed by atoms with Crippen LogP contribution in [0.5, 0.6) is 0 Å². The van der Waals surface area contributed by atoms with Crippen LogP contribution in [0, 0.1) is 5.82 Å². The van der Waals surface area contributed by atoms with Crippen molar-refractivity contribution in [3.8, 4) is 0 Å². The number of amides is 1. The molecule has 4 rings (SSSR count). The van der Waals surface area contributed by atoms with E-state index in [2.05, 4.69) is 15.0 Å². The van der Waals surface area contributed by atoms with Crippen molar-refractivity contribution in [1.29, 1.82) is 0 Å². The van der Waals surface area contributed by atoms with E-state index in [9.17, 15) is 17.6 Å². The first-order chi connectivity index (χ1) is 15.3. The molecule has 7 nitrogen and oxygen atoms in total. The summed E-state index contributed by atoms with van der Waals surface area (Å²) in [6.45, 7) is 0.908. The lowest BCUT2D eigenvalue weighted by Crippen LogP contribution is -2.39. The van der Waals surface area contributed by atoms with Gasteiger partial charge >= 0.3 is 0 Å². The Labute approximate surface area is 194 Å². The van der Waals surface area contributed by atoms with Crippen molar-refractivity contribution in [3.63, 3.8) is 0 Å². The first-order valence-electron chi connectivity index (χ1n) is 9.85. The molecule has 1 aliphatic rings. The van der Waals surface area contributed by atoms with Crippen molar-refractivity contribution in [2.75, 3.05) is 22.7 Å². The maximum Gasteiger partial charge on any atom is 0.263 e. The third kappa shape index (κ3) is 4.93. The van der Waals surface area contributed by atoms with Crippen LogP contribution < -0.4 is 14.9 Å². The van der Waals surface area contributed by atoms with Gasteiger partial charge in [0, 0.05) is 40.9 Å². The molecule has 0 unspecified atom stereocenters. The Balaban J connectivity index is 1.36. The second-order valence-corrected chi connectivity index (χ2v) is 10.2. The molecule has 1 atom stereocenters. The molecular formula is C21H20ClFN4O3S2. The number of nitrogens with zero attached hydrogens (tertiary/aromatic N) is 2. The van der Waals surface area contributed by atoms with Crippen LogP contribution >= 0.6 is 22.9 Å². The summed E-state index contributed by atoms with van der Waals surface area (Å²) in [6, 6.07) is 10.3. The molecule has 2 heterocycles. The Hall–Kier alpha value is -2.53. The summed E-state index contributed by atoms with van der Waals surface area (Å²) < 4.78 is 41.2. The molecule has 0 radical (unpaired) electrons. The van der Waals surface area contributed by atoms with E-state index < -0.39 is 16.1 Å². The maximum atomic E-state index is 13.9. The van der Waals surface area contributed by atoms with Gasteiger partial charge in [0.25, 0.3) is 10.0 Å². The normalized spacial score (nSPS) is 16.5. The highest BCUT2D eigenvalue weighted by molar-refractivity contribution is 7.93. The highest BCUT2D eigenvalue weighted by Crippen LogP contribution is 2.25. The van der Waals surface area contributed by atoms with Crippen LogP contribution in [0.1, 0.15) is 12.0 Å². The average Bonchev–Trinajstić information content (AvgIpc) is 3.40. The molecule has 1 aliphatic heterocycles. The van der Waals surface area contributed by atoms with Crippen LogP contribution in [0.25, 0.3) is 0 Å². The number of carbonyl (C=O) groups is 1. The van der Waals surface area contributed by atoms with Gasteiger partial charge < -0.3 is 10.2 Å². The largest absolute Gasteiger partial charge is 0.311 e. The minimum Gasteiger partial charge on any atom is -0.311 e. The number of carbonyl (C=O) groups excluding carboxylic acids is 1. The minimum atomic E-state index is -3.75. The van der Waals surface area contributed by atoms with E-state index in [1.807, 2.05) is 0 Å². The van der Waals surface area contributed by atoms with Crippen LogP contribution in [0.4, 0.5) is 15.2 Å². The van der Waals surface area contributed by atoms with Gasteiger partial charge in [-0.25, -0.2) is 17.8 Å². The number of thiazole rings is 1. The van der Waals surface area contributed by atoms with Crippen molar-refractivity contribution in [3.05, 3.63) is 70.4 Å². The van der Waals surface area contributed by atoms with E-state index >= 15 is 0 Å². The fourth-order valence-corrected chi connectivity index (χ4v) is 5.57. The summed E-state index contributed by atoms with van der Waals surface area (Å²) in [7, 11) is -3.75. The van der Waals surface area contributed by atoms with Crippen LogP contribution in [-0.2, 0) is 21.2 Å². The molecule has 0 aliphatic carbocycles. The molecule has 1 fully saturated rings. The maximum absolute atomic E-state index is 13.9. The number of hydrogen-bond acceptors (Lipinski definition) is 6. The summed E-state index contributed by atoms with van der Waals surface area (Å²) in [6.07, 6.45) is 2.48. The van der Waals surface area contributed by atoms with E-state index in [1.165, 1.54) is 35.7 Å². The summed E-state index contributed by atoms with van der Waals surface area (Å²) in [5, 5.41) is 5.49. The molecule has 0 saturated carbocycles. The Bertz CT molecular complexity index is 1180. The predicted molar refractivity (Wildman–Crippen MR) is 123 cm³/mol. The molecule has 2 aromatic carbocycles.